The summed E-state index contributed by atoms with van der Waals surface area (Å²) in [4.78, 5) is 11.3. The second-order valence-corrected chi connectivity index (χ2v) is 3.75. The Morgan fingerprint density at radius 2 is 2.33 bits per heavy atom. The van der Waals surface area contributed by atoms with Crippen molar-refractivity contribution in [2.24, 2.45) is 0 Å². The normalized spacial score (nSPS) is 26.4. The Balaban J connectivity index is 2.58. The highest BCUT2D eigenvalue weighted by atomic mass is 16.5. The van der Waals surface area contributed by atoms with Crippen LogP contribution in [0.1, 0.15) is 39.0 Å². The van der Waals surface area contributed by atoms with Crippen molar-refractivity contribution in [3.63, 3.8) is 0 Å². The van der Waals surface area contributed by atoms with E-state index in [2.05, 4.69) is 6.07 Å². The molecule has 1 unspecified atom stereocenters. The predicted octanol–water partition coefficient (Wildman–Crippen LogP) is 1.79. The lowest BCUT2D eigenvalue weighted by Crippen LogP contribution is -2.33. The van der Waals surface area contributed by atoms with Crippen molar-refractivity contribution < 1.29 is 14.3 Å². The van der Waals surface area contributed by atoms with E-state index in [9.17, 15) is 4.79 Å². The third-order valence-electron chi connectivity index (χ3n) is 2.54. The molecule has 1 aliphatic rings. The molecule has 1 fully saturated rings. The van der Waals surface area contributed by atoms with E-state index in [0.717, 1.165) is 19.3 Å². The van der Waals surface area contributed by atoms with E-state index in [1.165, 1.54) is 0 Å². The van der Waals surface area contributed by atoms with Crippen molar-refractivity contribution in [1.29, 1.82) is 5.26 Å². The summed E-state index contributed by atoms with van der Waals surface area (Å²) in [5.74, 6) is -0.346. The van der Waals surface area contributed by atoms with Crippen LogP contribution in [-0.4, -0.2) is 24.8 Å². The van der Waals surface area contributed by atoms with Gasteiger partial charge in [-0.25, -0.2) is 0 Å². The van der Waals surface area contributed by atoms with E-state index in [0.29, 0.717) is 19.6 Å². The average molecular weight is 211 g/mol. The van der Waals surface area contributed by atoms with Crippen LogP contribution in [0.25, 0.3) is 0 Å². The highest BCUT2D eigenvalue weighted by molar-refractivity contribution is 5.71. The molecule has 0 aromatic heterocycles. The van der Waals surface area contributed by atoms with E-state index in [4.69, 9.17) is 14.7 Å². The maximum absolute atomic E-state index is 11.3. The molecule has 1 aliphatic heterocycles. The van der Waals surface area contributed by atoms with Gasteiger partial charge in [-0.05, 0) is 26.2 Å². The minimum atomic E-state index is -0.942. The molecule has 4 heteroatoms. The number of nitriles is 1. The first-order valence-corrected chi connectivity index (χ1v) is 5.43. The number of nitrogens with zero attached hydrogens (tertiary/aromatic N) is 1. The van der Waals surface area contributed by atoms with Gasteiger partial charge in [-0.15, -0.1) is 0 Å². The zero-order chi connectivity index (χ0) is 11.1. The highest BCUT2D eigenvalue weighted by Gasteiger charge is 2.35. The second kappa shape index (κ2) is 5.72. The molecule has 0 spiro atoms. The zero-order valence-electron chi connectivity index (χ0n) is 9.12. The summed E-state index contributed by atoms with van der Waals surface area (Å²) in [6, 6.07) is 2.12. The van der Waals surface area contributed by atoms with Gasteiger partial charge in [-0.2, -0.15) is 5.26 Å². The number of carbonyl (C=O) groups excluding carboxylic acids is 1. The monoisotopic (exact) mass is 211 g/mol. The van der Waals surface area contributed by atoms with Crippen molar-refractivity contribution in [1.82, 2.24) is 0 Å². The smallest absolute Gasteiger partial charge is 0.309 e. The molecular formula is C11H17NO3. The van der Waals surface area contributed by atoms with Crippen LogP contribution in [0.4, 0.5) is 0 Å². The van der Waals surface area contributed by atoms with Gasteiger partial charge in [0.25, 0.3) is 0 Å². The molecule has 0 aromatic carbocycles. The predicted molar refractivity (Wildman–Crippen MR) is 54.0 cm³/mol. The Labute approximate surface area is 90.2 Å². The molecule has 0 aliphatic carbocycles. The highest BCUT2D eigenvalue weighted by Crippen LogP contribution is 2.27. The summed E-state index contributed by atoms with van der Waals surface area (Å²) in [6.07, 6.45) is 3.64. The zero-order valence-corrected chi connectivity index (χ0v) is 9.12. The summed E-state index contributed by atoms with van der Waals surface area (Å²) in [7, 11) is 0. The summed E-state index contributed by atoms with van der Waals surface area (Å²) in [5, 5.41) is 9.10. The van der Waals surface area contributed by atoms with Crippen molar-refractivity contribution in [3.05, 3.63) is 0 Å². The van der Waals surface area contributed by atoms with E-state index >= 15 is 0 Å². The second-order valence-electron chi connectivity index (χ2n) is 3.75. The van der Waals surface area contributed by atoms with Crippen LogP contribution < -0.4 is 0 Å². The van der Waals surface area contributed by atoms with Crippen LogP contribution in [0.5, 0.6) is 0 Å². The lowest BCUT2D eigenvalue weighted by molar-refractivity contribution is -0.148. The quantitative estimate of drug-likeness (QED) is 0.668. The van der Waals surface area contributed by atoms with Gasteiger partial charge in [0.15, 0.2) is 5.60 Å². The van der Waals surface area contributed by atoms with Crippen molar-refractivity contribution in [2.45, 2.75) is 44.6 Å². The fourth-order valence-electron chi connectivity index (χ4n) is 1.74. The number of esters is 1. The standard InChI is InChI=1S/C11H17NO3/c1-2-14-10(13)8-11(9-12)6-4-3-5-7-15-11/h2-8H2,1H3. The minimum absolute atomic E-state index is 0.0529. The first kappa shape index (κ1) is 12.0. The molecule has 1 heterocycles. The number of ether oxygens (including phenoxy) is 2. The van der Waals surface area contributed by atoms with Crippen LogP contribution in [0.2, 0.25) is 0 Å². The topological polar surface area (TPSA) is 59.3 Å². The lowest BCUT2D eigenvalue weighted by atomic mass is 9.95. The molecule has 0 aromatic rings. The SMILES string of the molecule is CCOC(=O)CC1(C#N)CCCCCO1. The summed E-state index contributed by atoms with van der Waals surface area (Å²) in [5.41, 5.74) is -0.942. The average Bonchev–Trinajstić information content (AvgIpc) is 2.44. The van der Waals surface area contributed by atoms with Crippen molar-refractivity contribution in [2.75, 3.05) is 13.2 Å². The van der Waals surface area contributed by atoms with Gasteiger partial charge < -0.3 is 9.47 Å². The maximum atomic E-state index is 11.3. The molecule has 0 saturated carbocycles. The Morgan fingerprint density at radius 1 is 1.53 bits per heavy atom. The van der Waals surface area contributed by atoms with Gasteiger partial charge in [-0.1, -0.05) is 6.42 Å². The van der Waals surface area contributed by atoms with Crippen molar-refractivity contribution in [3.8, 4) is 6.07 Å². The number of carbonyl (C=O) groups is 1. The Hall–Kier alpha value is -1.08. The molecule has 1 atom stereocenters. The molecule has 0 amide bonds. The third-order valence-corrected chi connectivity index (χ3v) is 2.54. The molecule has 4 nitrogen and oxygen atoms in total. The molecular weight excluding hydrogens is 194 g/mol. The Morgan fingerprint density at radius 3 is 3.00 bits per heavy atom. The minimum Gasteiger partial charge on any atom is -0.466 e. The molecule has 0 bridgehead atoms. The summed E-state index contributed by atoms with van der Waals surface area (Å²) in [6.45, 7) is 2.66. The molecule has 0 N–H and O–H groups in total. The molecule has 84 valence electrons. The third kappa shape index (κ3) is 3.52. The number of rotatable bonds is 3. The van der Waals surface area contributed by atoms with Crippen LogP contribution in [-0.2, 0) is 14.3 Å². The van der Waals surface area contributed by atoms with Gasteiger partial charge >= 0.3 is 5.97 Å². The fourth-order valence-corrected chi connectivity index (χ4v) is 1.74. The number of hydrogen-bond donors (Lipinski definition) is 0. The van der Waals surface area contributed by atoms with Crippen LogP contribution in [0.3, 0.4) is 0 Å². The van der Waals surface area contributed by atoms with Gasteiger partial charge in [0.1, 0.15) is 0 Å². The fraction of sp³-hybridized carbons (Fsp3) is 0.818. The first-order chi connectivity index (χ1) is 7.22. The van der Waals surface area contributed by atoms with E-state index in [1.54, 1.807) is 6.92 Å². The Bertz CT molecular complexity index is 249. The van der Waals surface area contributed by atoms with E-state index in [1.807, 2.05) is 0 Å². The number of hydrogen-bond acceptors (Lipinski definition) is 4. The van der Waals surface area contributed by atoms with Crippen LogP contribution >= 0.6 is 0 Å². The molecule has 15 heavy (non-hydrogen) atoms. The van der Waals surface area contributed by atoms with Gasteiger partial charge in [-0.3, -0.25) is 4.79 Å². The summed E-state index contributed by atoms with van der Waals surface area (Å²) >= 11 is 0. The molecule has 1 rings (SSSR count). The lowest BCUT2D eigenvalue weighted by Gasteiger charge is -2.23. The van der Waals surface area contributed by atoms with Gasteiger partial charge in [0.2, 0.25) is 0 Å². The molecule has 0 radical (unpaired) electrons. The Kier molecular flexibility index (Phi) is 4.57. The largest absolute Gasteiger partial charge is 0.466 e. The van der Waals surface area contributed by atoms with Crippen LogP contribution in [0.15, 0.2) is 0 Å². The maximum Gasteiger partial charge on any atom is 0.309 e. The first-order valence-electron chi connectivity index (χ1n) is 5.43. The molecule has 1 saturated heterocycles. The summed E-state index contributed by atoms with van der Waals surface area (Å²) < 4.78 is 10.3. The van der Waals surface area contributed by atoms with Gasteiger partial charge in [0, 0.05) is 6.61 Å². The van der Waals surface area contributed by atoms with Gasteiger partial charge in [0.05, 0.1) is 19.1 Å². The van der Waals surface area contributed by atoms with Crippen LogP contribution in [0, 0.1) is 11.3 Å². The van der Waals surface area contributed by atoms with Crippen molar-refractivity contribution >= 4 is 5.97 Å². The van der Waals surface area contributed by atoms with E-state index in [-0.39, 0.29) is 12.4 Å². The van der Waals surface area contributed by atoms with E-state index < -0.39 is 5.60 Å².